The first kappa shape index (κ1) is 9.92. The van der Waals surface area contributed by atoms with Crippen LogP contribution in [0.2, 0.25) is 0 Å². The van der Waals surface area contributed by atoms with Crippen LogP contribution in [0.1, 0.15) is 19.3 Å². The third kappa shape index (κ3) is 1.64. The van der Waals surface area contributed by atoms with Crippen molar-refractivity contribution in [2.24, 2.45) is 0 Å². The van der Waals surface area contributed by atoms with Gasteiger partial charge in [-0.15, -0.1) is 0 Å². The lowest BCUT2D eigenvalue weighted by atomic mass is 10.1. The van der Waals surface area contributed by atoms with E-state index in [1.807, 2.05) is 0 Å². The predicted molar refractivity (Wildman–Crippen MR) is 51.1 cm³/mol. The molecule has 0 aromatic rings. The highest BCUT2D eigenvalue weighted by Gasteiger charge is 2.40. The van der Waals surface area contributed by atoms with Crippen LogP contribution < -0.4 is 5.32 Å². The lowest BCUT2D eigenvalue weighted by Crippen LogP contribution is -2.45. The highest BCUT2D eigenvalue weighted by Crippen LogP contribution is 2.23. The Balaban J connectivity index is 2.18. The Kier molecular flexibility index (Phi) is 2.48. The molecule has 0 saturated carbocycles. The maximum atomic E-state index is 11.6. The fraction of sp³-hybridized carbons (Fsp3) is 0.875. The first-order valence-corrected chi connectivity index (χ1v) is 6.48. The van der Waals surface area contributed by atoms with Crippen LogP contribution in [0.4, 0.5) is 0 Å². The normalized spacial score (nSPS) is 28.3. The molecule has 0 aromatic carbocycles. The van der Waals surface area contributed by atoms with Gasteiger partial charge in [-0.1, -0.05) is 0 Å². The van der Waals surface area contributed by atoms with E-state index in [0.717, 1.165) is 30.2 Å². The second kappa shape index (κ2) is 3.51. The molecule has 0 unspecified atom stereocenters. The van der Waals surface area contributed by atoms with E-state index in [-0.39, 0.29) is 24.1 Å². The lowest BCUT2D eigenvalue weighted by Gasteiger charge is -2.30. The Morgan fingerprint density at radius 2 is 1.93 bits per heavy atom. The molecule has 6 heteroatoms. The zero-order valence-electron chi connectivity index (χ0n) is 7.90. The minimum absolute atomic E-state index is 0.00420. The quantitative estimate of drug-likeness (QED) is 0.632. The number of piperidine rings is 1. The van der Waals surface area contributed by atoms with Gasteiger partial charge >= 0.3 is 0 Å². The molecule has 0 aliphatic carbocycles. The van der Waals surface area contributed by atoms with Crippen LogP contribution in [0, 0.1) is 0 Å². The summed E-state index contributed by atoms with van der Waals surface area (Å²) in [7, 11) is -3.28. The highest BCUT2D eigenvalue weighted by atomic mass is 32.2. The topological polar surface area (TPSA) is 66.5 Å². The Labute approximate surface area is 83.5 Å². The summed E-state index contributed by atoms with van der Waals surface area (Å²) in [5.74, 6) is -0.229. The highest BCUT2D eigenvalue weighted by molar-refractivity contribution is 7.90. The van der Waals surface area contributed by atoms with Crippen LogP contribution in [0.3, 0.4) is 0 Å². The number of amides is 1. The largest absolute Gasteiger partial charge is 0.317 e. The average molecular weight is 218 g/mol. The second-order valence-electron chi connectivity index (χ2n) is 3.74. The first-order chi connectivity index (χ1) is 6.61. The number of hydrogen-bond donors (Lipinski definition) is 1. The Morgan fingerprint density at radius 3 is 2.43 bits per heavy atom. The summed E-state index contributed by atoms with van der Waals surface area (Å²) < 4.78 is 24.2. The second-order valence-corrected chi connectivity index (χ2v) is 5.70. The molecule has 0 radical (unpaired) electrons. The number of hydrogen-bond acceptors (Lipinski definition) is 4. The summed E-state index contributed by atoms with van der Waals surface area (Å²) in [6, 6.07) is -0.101. The van der Waals surface area contributed by atoms with Crippen molar-refractivity contribution >= 4 is 15.9 Å². The smallest absolute Gasteiger partial charge is 0.238 e. The number of sulfonamides is 1. The van der Waals surface area contributed by atoms with Crippen LogP contribution in [0.25, 0.3) is 0 Å². The molecule has 2 fully saturated rings. The third-order valence-corrected chi connectivity index (χ3v) is 4.58. The zero-order chi connectivity index (χ0) is 10.2. The van der Waals surface area contributed by atoms with Crippen molar-refractivity contribution in [2.45, 2.75) is 25.3 Å². The molecule has 5 nitrogen and oxygen atoms in total. The molecule has 1 N–H and O–H groups in total. The van der Waals surface area contributed by atoms with Gasteiger partial charge in [-0.3, -0.25) is 4.79 Å². The Morgan fingerprint density at radius 1 is 1.29 bits per heavy atom. The van der Waals surface area contributed by atoms with Gasteiger partial charge in [0.05, 0.1) is 11.8 Å². The van der Waals surface area contributed by atoms with Crippen molar-refractivity contribution in [3.8, 4) is 0 Å². The monoisotopic (exact) mass is 218 g/mol. The summed E-state index contributed by atoms with van der Waals surface area (Å²) in [6.07, 6.45) is 1.64. The maximum Gasteiger partial charge on any atom is 0.238 e. The van der Waals surface area contributed by atoms with Gasteiger partial charge in [0.2, 0.25) is 15.9 Å². The molecular formula is C8H14N2O3S. The number of nitrogens with zero attached hydrogens (tertiary/aromatic N) is 1. The molecule has 2 aliphatic heterocycles. The summed E-state index contributed by atoms with van der Waals surface area (Å²) in [6.45, 7) is 1.59. The minimum atomic E-state index is -3.28. The summed E-state index contributed by atoms with van der Waals surface area (Å²) in [5.41, 5.74) is 0. The number of nitrogens with one attached hydrogen (secondary N) is 1. The molecule has 0 spiro atoms. The van der Waals surface area contributed by atoms with E-state index in [2.05, 4.69) is 5.32 Å². The molecule has 0 bridgehead atoms. The fourth-order valence-corrected chi connectivity index (χ4v) is 3.75. The molecule has 2 heterocycles. The molecule has 14 heavy (non-hydrogen) atoms. The fourth-order valence-electron chi connectivity index (χ4n) is 2.05. The predicted octanol–water partition coefficient (Wildman–Crippen LogP) is -0.699. The summed E-state index contributed by atoms with van der Waals surface area (Å²) >= 11 is 0. The molecule has 2 rings (SSSR count). The molecule has 2 saturated heterocycles. The van der Waals surface area contributed by atoms with Gasteiger partial charge in [-0.25, -0.2) is 12.7 Å². The molecular weight excluding hydrogens is 204 g/mol. The Bertz CT molecular complexity index is 332. The molecule has 1 amide bonds. The van der Waals surface area contributed by atoms with E-state index in [0.29, 0.717) is 0 Å². The number of carbonyl (C=O) groups excluding carboxylic acids is 1. The van der Waals surface area contributed by atoms with E-state index in [9.17, 15) is 13.2 Å². The van der Waals surface area contributed by atoms with Gasteiger partial charge < -0.3 is 5.32 Å². The van der Waals surface area contributed by atoms with Crippen LogP contribution in [0.15, 0.2) is 0 Å². The van der Waals surface area contributed by atoms with Gasteiger partial charge in [0.25, 0.3) is 0 Å². The SMILES string of the molecule is O=C1CCS(=O)(=O)N1C1CCNCC1. The Hall–Kier alpha value is -0.620. The minimum Gasteiger partial charge on any atom is -0.317 e. The van der Waals surface area contributed by atoms with E-state index in [4.69, 9.17) is 0 Å². The maximum absolute atomic E-state index is 11.6. The molecule has 0 aromatic heterocycles. The van der Waals surface area contributed by atoms with Crippen LogP contribution in [-0.4, -0.2) is 43.5 Å². The van der Waals surface area contributed by atoms with E-state index < -0.39 is 10.0 Å². The van der Waals surface area contributed by atoms with Crippen molar-refractivity contribution in [1.29, 1.82) is 0 Å². The lowest BCUT2D eigenvalue weighted by molar-refractivity contribution is -0.126. The van der Waals surface area contributed by atoms with Crippen LogP contribution >= 0.6 is 0 Å². The molecule has 80 valence electrons. The van der Waals surface area contributed by atoms with Gasteiger partial charge in [0.1, 0.15) is 0 Å². The van der Waals surface area contributed by atoms with Gasteiger partial charge in [0.15, 0.2) is 0 Å². The van der Waals surface area contributed by atoms with Crippen LogP contribution in [-0.2, 0) is 14.8 Å². The van der Waals surface area contributed by atoms with Crippen molar-refractivity contribution < 1.29 is 13.2 Å². The summed E-state index contributed by atoms with van der Waals surface area (Å²) in [4.78, 5) is 11.4. The number of carbonyl (C=O) groups is 1. The molecule has 0 atom stereocenters. The van der Waals surface area contributed by atoms with Crippen molar-refractivity contribution in [3.63, 3.8) is 0 Å². The number of rotatable bonds is 1. The standard InChI is InChI=1S/C8H14N2O3S/c11-8-3-6-14(12,13)10(8)7-1-4-9-5-2-7/h7,9H,1-6H2. The summed E-state index contributed by atoms with van der Waals surface area (Å²) in [5, 5.41) is 3.15. The van der Waals surface area contributed by atoms with Gasteiger partial charge in [-0.05, 0) is 25.9 Å². The van der Waals surface area contributed by atoms with E-state index in [1.165, 1.54) is 0 Å². The van der Waals surface area contributed by atoms with Crippen molar-refractivity contribution in [2.75, 3.05) is 18.8 Å². The zero-order valence-corrected chi connectivity index (χ0v) is 8.72. The van der Waals surface area contributed by atoms with Gasteiger partial charge in [-0.2, -0.15) is 0 Å². The van der Waals surface area contributed by atoms with Crippen molar-refractivity contribution in [3.05, 3.63) is 0 Å². The average Bonchev–Trinajstić information content (AvgIpc) is 2.42. The van der Waals surface area contributed by atoms with Crippen molar-refractivity contribution in [1.82, 2.24) is 9.62 Å². The van der Waals surface area contributed by atoms with E-state index >= 15 is 0 Å². The first-order valence-electron chi connectivity index (χ1n) is 4.87. The van der Waals surface area contributed by atoms with Gasteiger partial charge in [0, 0.05) is 6.42 Å². The van der Waals surface area contributed by atoms with Crippen LogP contribution in [0.5, 0.6) is 0 Å². The molecule has 2 aliphatic rings. The van der Waals surface area contributed by atoms with E-state index in [1.54, 1.807) is 0 Å². The third-order valence-electron chi connectivity index (χ3n) is 2.76.